The van der Waals surface area contributed by atoms with Gasteiger partial charge in [0.25, 0.3) is 0 Å². The largest absolute Gasteiger partial charge is 0.342 e. The van der Waals surface area contributed by atoms with Gasteiger partial charge in [-0.3, -0.25) is 0 Å². The van der Waals surface area contributed by atoms with Crippen LogP contribution in [0.2, 0.25) is 0 Å². The zero-order valence-electron chi connectivity index (χ0n) is 8.19. The van der Waals surface area contributed by atoms with Gasteiger partial charge in [-0.2, -0.15) is 0 Å². The number of fused-ring (bicyclic) bond motifs is 1. The monoisotopic (exact) mass is 190 g/mol. The van der Waals surface area contributed by atoms with Gasteiger partial charge in [0.05, 0.1) is 5.52 Å². The molecule has 0 fully saturated rings. The molecule has 1 aromatic carbocycles. The molecular weight excluding hydrogens is 179 g/mol. The van der Waals surface area contributed by atoms with Crippen LogP contribution >= 0.6 is 0 Å². The number of halogens is 1. The fourth-order valence-corrected chi connectivity index (χ4v) is 1.44. The average molecular weight is 190 g/mol. The first-order valence-electron chi connectivity index (χ1n) is 4.39. The normalized spacial score (nSPS) is 10.8. The van der Waals surface area contributed by atoms with Gasteiger partial charge in [-0.05, 0) is 31.5 Å². The van der Waals surface area contributed by atoms with Gasteiger partial charge < -0.3 is 4.98 Å². The molecular formula is C11H11FN2. The van der Waals surface area contributed by atoms with E-state index in [-0.39, 0.29) is 5.82 Å². The molecule has 0 atom stereocenters. The highest BCUT2D eigenvalue weighted by Gasteiger charge is 2.07. The number of nitrogens with zero attached hydrogens (tertiary/aromatic N) is 1. The molecule has 0 saturated heterocycles. The molecule has 72 valence electrons. The van der Waals surface area contributed by atoms with E-state index in [1.807, 2.05) is 13.0 Å². The van der Waals surface area contributed by atoms with Crippen molar-refractivity contribution in [3.05, 3.63) is 35.9 Å². The van der Waals surface area contributed by atoms with Crippen molar-refractivity contribution in [3.63, 3.8) is 0 Å². The molecule has 0 unspecified atom stereocenters. The Bertz CT molecular complexity index is 511. The molecule has 1 aromatic heterocycles. The summed E-state index contributed by atoms with van der Waals surface area (Å²) in [7, 11) is 0. The Morgan fingerprint density at radius 1 is 1.50 bits per heavy atom. The van der Waals surface area contributed by atoms with E-state index >= 15 is 0 Å². The number of rotatable bonds is 1. The first kappa shape index (κ1) is 8.94. The van der Waals surface area contributed by atoms with Crippen LogP contribution in [-0.2, 0) is 0 Å². The Hall–Kier alpha value is -1.64. The summed E-state index contributed by atoms with van der Waals surface area (Å²) >= 11 is 0. The highest BCUT2D eigenvalue weighted by Crippen LogP contribution is 2.21. The van der Waals surface area contributed by atoms with Crippen LogP contribution in [-0.4, -0.2) is 9.97 Å². The zero-order valence-corrected chi connectivity index (χ0v) is 8.19. The third kappa shape index (κ3) is 1.31. The SMILES string of the molecule is C=C(C)c1cc(F)c2nc(C)[nH]c2c1. The smallest absolute Gasteiger partial charge is 0.151 e. The van der Waals surface area contributed by atoms with Crippen molar-refractivity contribution in [1.82, 2.24) is 9.97 Å². The minimum atomic E-state index is -0.301. The van der Waals surface area contributed by atoms with E-state index < -0.39 is 0 Å². The lowest BCUT2D eigenvalue weighted by molar-refractivity contribution is 0.636. The Morgan fingerprint density at radius 3 is 2.86 bits per heavy atom. The molecule has 3 heteroatoms. The van der Waals surface area contributed by atoms with Crippen LogP contribution < -0.4 is 0 Å². The first-order valence-corrected chi connectivity index (χ1v) is 4.39. The molecule has 0 aliphatic carbocycles. The molecule has 0 aliphatic rings. The number of benzene rings is 1. The van der Waals surface area contributed by atoms with Crippen molar-refractivity contribution >= 4 is 16.6 Å². The summed E-state index contributed by atoms with van der Waals surface area (Å²) in [6, 6.07) is 3.33. The molecule has 0 amide bonds. The van der Waals surface area contributed by atoms with Crippen molar-refractivity contribution in [2.24, 2.45) is 0 Å². The maximum atomic E-state index is 13.5. The molecule has 0 spiro atoms. The Kier molecular flexibility index (Phi) is 1.88. The van der Waals surface area contributed by atoms with Crippen LogP contribution in [0.15, 0.2) is 18.7 Å². The number of nitrogens with one attached hydrogen (secondary N) is 1. The van der Waals surface area contributed by atoms with Crippen molar-refractivity contribution < 1.29 is 4.39 Å². The lowest BCUT2D eigenvalue weighted by atomic mass is 10.1. The minimum absolute atomic E-state index is 0.301. The molecule has 14 heavy (non-hydrogen) atoms. The van der Waals surface area contributed by atoms with Gasteiger partial charge in [-0.25, -0.2) is 9.37 Å². The summed E-state index contributed by atoms with van der Waals surface area (Å²) < 4.78 is 13.5. The predicted octanol–water partition coefficient (Wildman–Crippen LogP) is 3.04. The van der Waals surface area contributed by atoms with Gasteiger partial charge in [0.2, 0.25) is 0 Å². The van der Waals surface area contributed by atoms with Crippen molar-refractivity contribution in [2.45, 2.75) is 13.8 Å². The lowest BCUT2D eigenvalue weighted by Crippen LogP contribution is -1.84. The molecule has 2 aromatic rings. The van der Waals surface area contributed by atoms with Crippen molar-refractivity contribution in [3.8, 4) is 0 Å². The molecule has 0 aliphatic heterocycles. The van der Waals surface area contributed by atoms with E-state index in [2.05, 4.69) is 16.5 Å². The number of aromatic nitrogens is 2. The fourth-order valence-electron chi connectivity index (χ4n) is 1.44. The lowest BCUT2D eigenvalue weighted by Gasteiger charge is -1.99. The standard InChI is InChI=1S/C11H11FN2/c1-6(2)8-4-9(12)11-10(5-8)13-7(3)14-11/h4-5H,1H2,2-3H3,(H,13,14). The summed E-state index contributed by atoms with van der Waals surface area (Å²) in [5.74, 6) is 0.419. The van der Waals surface area contributed by atoms with E-state index in [0.717, 1.165) is 22.5 Å². The molecule has 0 bridgehead atoms. The second-order valence-corrected chi connectivity index (χ2v) is 3.46. The van der Waals surface area contributed by atoms with E-state index in [0.29, 0.717) is 5.52 Å². The van der Waals surface area contributed by atoms with Crippen LogP contribution in [0.4, 0.5) is 4.39 Å². The van der Waals surface area contributed by atoms with Gasteiger partial charge in [0.1, 0.15) is 11.3 Å². The Balaban J connectivity index is 2.77. The predicted molar refractivity (Wildman–Crippen MR) is 55.5 cm³/mol. The van der Waals surface area contributed by atoms with Gasteiger partial charge in [0.15, 0.2) is 5.82 Å². The maximum absolute atomic E-state index is 13.5. The maximum Gasteiger partial charge on any atom is 0.151 e. The van der Waals surface area contributed by atoms with Crippen LogP contribution in [0.25, 0.3) is 16.6 Å². The van der Waals surface area contributed by atoms with Crippen molar-refractivity contribution in [1.29, 1.82) is 0 Å². The molecule has 2 rings (SSSR count). The Labute approximate surface area is 81.5 Å². The topological polar surface area (TPSA) is 28.7 Å². The third-order valence-electron chi connectivity index (χ3n) is 2.15. The van der Waals surface area contributed by atoms with Gasteiger partial charge in [0, 0.05) is 0 Å². The average Bonchev–Trinajstić information content (AvgIpc) is 2.45. The summed E-state index contributed by atoms with van der Waals surface area (Å²) in [6.07, 6.45) is 0. The van der Waals surface area contributed by atoms with E-state index in [4.69, 9.17) is 0 Å². The van der Waals surface area contributed by atoms with Crippen LogP contribution in [0, 0.1) is 12.7 Å². The molecule has 2 nitrogen and oxygen atoms in total. The number of hydrogen-bond donors (Lipinski definition) is 1. The van der Waals surface area contributed by atoms with Gasteiger partial charge in [-0.1, -0.05) is 12.2 Å². The number of H-pyrrole nitrogens is 1. The number of allylic oxidation sites excluding steroid dienone is 1. The van der Waals surface area contributed by atoms with Crippen LogP contribution in [0.1, 0.15) is 18.3 Å². The second kappa shape index (κ2) is 2.94. The Morgan fingerprint density at radius 2 is 2.21 bits per heavy atom. The summed E-state index contributed by atoms with van der Waals surface area (Å²) in [6.45, 7) is 7.44. The molecule has 0 radical (unpaired) electrons. The second-order valence-electron chi connectivity index (χ2n) is 3.46. The summed E-state index contributed by atoms with van der Waals surface area (Å²) in [5, 5.41) is 0. The number of imidazole rings is 1. The number of aryl methyl sites for hydroxylation is 1. The summed E-state index contributed by atoms with van der Waals surface area (Å²) in [5.41, 5.74) is 2.77. The molecule has 1 heterocycles. The highest BCUT2D eigenvalue weighted by molar-refractivity contribution is 5.80. The number of aromatic amines is 1. The molecule has 1 N–H and O–H groups in total. The van der Waals surface area contributed by atoms with Crippen LogP contribution in [0.3, 0.4) is 0 Å². The third-order valence-corrected chi connectivity index (χ3v) is 2.15. The zero-order chi connectivity index (χ0) is 10.3. The highest BCUT2D eigenvalue weighted by atomic mass is 19.1. The minimum Gasteiger partial charge on any atom is -0.342 e. The van der Waals surface area contributed by atoms with E-state index in [9.17, 15) is 4.39 Å². The fraction of sp³-hybridized carbons (Fsp3) is 0.182. The molecule has 0 saturated carbocycles. The summed E-state index contributed by atoms with van der Waals surface area (Å²) in [4.78, 5) is 7.06. The van der Waals surface area contributed by atoms with Crippen molar-refractivity contribution in [2.75, 3.05) is 0 Å². The van der Waals surface area contributed by atoms with E-state index in [1.54, 1.807) is 6.92 Å². The quantitative estimate of drug-likeness (QED) is 0.735. The number of hydrogen-bond acceptors (Lipinski definition) is 1. The first-order chi connectivity index (χ1) is 6.58. The van der Waals surface area contributed by atoms with E-state index in [1.165, 1.54) is 6.07 Å². The van der Waals surface area contributed by atoms with Gasteiger partial charge in [-0.15, -0.1) is 0 Å². The van der Waals surface area contributed by atoms with Crippen LogP contribution in [0.5, 0.6) is 0 Å². The van der Waals surface area contributed by atoms with Gasteiger partial charge >= 0.3 is 0 Å².